The summed E-state index contributed by atoms with van der Waals surface area (Å²) in [4.78, 5) is 29.1. The van der Waals surface area contributed by atoms with Gasteiger partial charge in [0.15, 0.2) is 0 Å². The highest BCUT2D eigenvalue weighted by atomic mass is 16.2. The molecule has 0 bridgehead atoms. The molecule has 5 heteroatoms. The molecule has 3 rings (SSSR count). The third-order valence-electron chi connectivity index (χ3n) is 5.41. The van der Waals surface area contributed by atoms with E-state index in [4.69, 9.17) is 0 Å². The van der Waals surface area contributed by atoms with Crippen molar-refractivity contribution in [1.29, 1.82) is 0 Å². The lowest BCUT2D eigenvalue weighted by atomic mass is 10.1. The van der Waals surface area contributed by atoms with E-state index in [1.807, 2.05) is 30.3 Å². The number of nitrogens with one attached hydrogen (secondary N) is 1. The van der Waals surface area contributed by atoms with Gasteiger partial charge in [-0.3, -0.25) is 14.5 Å². The number of likely N-dealkylation sites (tertiary alicyclic amines) is 2. The van der Waals surface area contributed by atoms with Crippen molar-refractivity contribution in [2.75, 3.05) is 19.6 Å². The van der Waals surface area contributed by atoms with Crippen LogP contribution >= 0.6 is 0 Å². The van der Waals surface area contributed by atoms with Gasteiger partial charge in [0, 0.05) is 25.6 Å². The van der Waals surface area contributed by atoms with Crippen molar-refractivity contribution in [1.82, 2.24) is 15.1 Å². The molecule has 2 aliphatic rings. The number of carbonyl (C=O) groups is 2. The van der Waals surface area contributed by atoms with E-state index in [0.717, 1.165) is 18.7 Å². The number of carbonyl (C=O) groups excluding carboxylic acids is 2. The highest BCUT2D eigenvalue weighted by Gasteiger charge is 2.36. The fourth-order valence-corrected chi connectivity index (χ4v) is 3.84. The van der Waals surface area contributed by atoms with Gasteiger partial charge in [0.25, 0.3) is 0 Å². The molecular formula is C20H29N3O2. The van der Waals surface area contributed by atoms with Crippen LogP contribution in [-0.2, 0) is 16.1 Å². The van der Waals surface area contributed by atoms with Crippen LogP contribution in [-0.4, -0.2) is 53.3 Å². The molecule has 2 fully saturated rings. The quantitative estimate of drug-likeness (QED) is 0.861. The van der Waals surface area contributed by atoms with Gasteiger partial charge in [0.2, 0.25) is 11.8 Å². The molecule has 1 aromatic carbocycles. The lowest BCUT2D eigenvalue weighted by Crippen LogP contribution is -2.49. The summed E-state index contributed by atoms with van der Waals surface area (Å²) in [7, 11) is 0. The zero-order chi connectivity index (χ0) is 17.6. The van der Waals surface area contributed by atoms with E-state index in [1.165, 1.54) is 19.3 Å². The van der Waals surface area contributed by atoms with E-state index in [1.54, 1.807) is 4.90 Å². The first-order chi connectivity index (χ1) is 12.1. The van der Waals surface area contributed by atoms with E-state index in [9.17, 15) is 9.59 Å². The molecule has 2 heterocycles. The highest BCUT2D eigenvalue weighted by molar-refractivity contribution is 5.90. The van der Waals surface area contributed by atoms with Crippen LogP contribution in [0.15, 0.2) is 30.3 Å². The van der Waals surface area contributed by atoms with E-state index < -0.39 is 0 Å². The monoisotopic (exact) mass is 343 g/mol. The third kappa shape index (κ3) is 4.60. The molecule has 2 saturated heterocycles. The Balaban J connectivity index is 1.53. The fourth-order valence-electron chi connectivity index (χ4n) is 3.84. The van der Waals surface area contributed by atoms with Gasteiger partial charge in [0.05, 0.1) is 0 Å². The second kappa shape index (κ2) is 8.48. The number of benzene rings is 1. The molecular weight excluding hydrogens is 314 g/mol. The lowest BCUT2D eigenvalue weighted by molar-refractivity contribution is -0.135. The van der Waals surface area contributed by atoms with Crippen LogP contribution in [0.3, 0.4) is 0 Å². The molecule has 2 unspecified atom stereocenters. The zero-order valence-corrected chi connectivity index (χ0v) is 15.1. The maximum Gasteiger partial charge on any atom is 0.242 e. The molecule has 0 radical (unpaired) electrons. The SMILES string of the molecule is CC(CNC(=O)C1CCC(=O)N1Cc1ccccc1)N1CCCCC1. The summed E-state index contributed by atoms with van der Waals surface area (Å²) < 4.78 is 0. The average Bonchev–Trinajstić information content (AvgIpc) is 3.01. The molecule has 1 aromatic rings. The van der Waals surface area contributed by atoms with Crippen LogP contribution in [0.4, 0.5) is 0 Å². The van der Waals surface area contributed by atoms with Crippen LogP contribution in [0.2, 0.25) is 0 Å². The summed E-state index contributed by atoms with van der Waals surface area (Å²) in [6, 6.07) is 9.90. The van der Waals surface area contributed by atoms with Gasteiger partial charge in [0.1, 0.15) is 6.04 Å². The second-order valence-electron chi connectivity index (χ2n) is 7.25. The lowest BCUT2D eigenvalue weighted by Gasteiger charge is -2.33. The Hall–Kier alpha value is -1.88. The maximum atomic E-state index is 12.7. The van der Waals surface area contributed by atoms with Crippen LogP contribution in [0, 0.1) is 0 Å². The first-order valence-corrected chi connectivity index (χ1v) is 9.50. The molecule has 0 aromatic heterocycles. The average molecular weight is 343 g/mol. The van der Waals surface area contributed by atoms with E-state index in [0.29, 0.717) is 32.0 Å². The van der Waals surface area contributed by atoms with Gasteiger partial charge in [-0.15, -0.1) is 0 Å². The Morgan fingerprint density at radius 2 is 1.92 bits per heavy atom. The summed E-state index contributed by atoms with van der Waals surface area (Å²) in [5, 5.41) is 3.08. The fraction of sp³-hybridized carbons (Fsp3) is 0.600. The molecule has 2 amide bonds. The molecule has 2 atom stereocenters. The summed E-state index contributed by atoms with van der Waals surface area (Å²) in [5.74, 6) is 0.0683. The third-order valence-corrected chi connectivity index (χ3v) is 5.41. The highest BCUT2D eigenvalue weighted by Crippen LogP contribution is 2.22. The summed E-state index contributed by atoms with van der Waals surface area (Å²) in [5.41, 5.74) is 1.07. The van der Waals surface area contributed by atoms with Crippen molar-refractivity contribution >= 4 is 11.8 Å². The van der Waals surface area contributed by atoms with Crippen molar-refractivity contribution in [2.24, 2.45) is 0 Å². The first kappa shape index (κ1) is 17.9. The van der Waals surface area contributed by atoms with Crippen molar-refractivity contribution in [3.63, 3.8) is 0 Å². The van der Waals surface area contributed by atoms with Gasteiger partial charge in [-0.25, -0.2) is 0 Å². The van der Waals surface area contributed by atoms with Gasteiger partial charge in [-0.2, -0.15) is 0 Å². The topological polar surface area (TPSA) is 52.7 Å². The van der Waals surface area contributed by atoms with Crippen molar-refractivity contribution in [3.05, 3.63) is 35.9 Å². The predicted octanol–water partition coefficient (Wildman–Crippen LogP) is 2.17. The summed E-state index contributed by atoms with van der Waals surface area (Å²) >= 11 is 0. The normalized spacial score (nSPS) is 22.8. The number of nitrogens with zero attached hydrogens (tertiary/aromatic N) is 2. The maximum absolute atomic E-state index is 12.7. The minimum Gasteiger partial charge on any atom is -0.353 e. The molecule has 0 aliphatic carbocycles. The standard InChI is InChI=1S/C20H29N3O2/c1-16(22-12-6-3-7-13-22)14-21-20(25)18-10-11-19(24)23(18)15-17-8-4-2-5-9-17/h2,4-5,8-9,16,18H,3,6-7,10-15H2,1H3,(H,21,25). The summed E-state index contributed by atoms with van der Waals surface area (Å²) in [6.07, 6.45) is 4.90. The molecule has 25 heavy (non-hydrogen) atoms. The molecule has 0 saturated carbocycles. The Labute approximate surface area is 150 Å². The Bertz CT molecular complexity index is 584. The van der Waals surface area contributed by atoms with E-state index in [2.05, 4.69) is 17.1 Å². The molecule has 5 nitrogen and oxygen atoms in total. The van der Waals surface area contributed by atoms with Gasteiger partial charge < -0.3 is 10.2 Å². The molecule has 0 spiro atoms. The van der Waals surface area contributed by atoms with Crippen LogP contribution < -0.4 is 5.32 Å². The summed E-state index contributed by atoms with van der Waals surface area (Å²) in [6.45, 7) is 5.59. The molecule has 2 aliphatic heterocycles. The van der Waals surface area contributed by atoms with E-state index >= 15 is 0 Å². The van der Waals surface area contributed by atoms with Gasteiger partial charge in [-0.05, 0) is 44.8 Å². The number of rotatable bonds is 6. The minimum atomic E-state index is -0.332. The van der Waals surface area contributed by atoms with Crippen molar-refractivity contribution in [2.45, 2.75) is 57.7 Å². The van der Waals surface area contributed by atoms with Gasteiger partial charge in [-0.1, -0.05) is 36.8 Å². The zero-order valence-electron chi connectivity index (χ0n) is 15.1. The van der Waals surface area contributed by atoms with Crippen LogP contribution in [0.1, 0.15) is 44.6 Å². The van der Waals surface area contributed by atoms with Crippen molar-refractivity contribution < 1.29 is 9.59 Å². The molecule has 136 valence electrons. The number of hydrogen-bond acceptors (Lipinski definition) is 3. The van der Waals surface area contributed by atoms with Crippen LogP contribution in [0.5, 0.6) is 0 Å². The smallest absolute Gasteiger partial charge is 0.242 e. The number of amides is 2. The molecule has 1 N–H and O–H groups in total. The number of piperidine rings is 1. The van der Waals surface area contributed by atoms with E-state index in [-0.39, 0.29) is 17.9 Å². The predicted molar refractivity (Wildman–Crippen MR) is 97.9 cm³/mol. The number of hydrogen-bond donors (Lipinski definition) is 1. The Morgan fingerprint density at radius 3 is 2.64 bits per heavy atom. The Kier molecular flexibility index (Phi) is 6.08. The largest absolute Gasteiger partial charge is 0.353 e. The Morgan fingerprint density at radius 1 is 1.20 bits per heavy atom. The first-order valence-electron chi connectivity index (χ1n) is 9.50. The van der Waals surface area contributed by atoms with Crippen LogP contribution in [0.25, 0.3) is 0 Å². The van der Waals surface area contributed by atoms with Gasteiger partial charge >= 0.3 is 0 Å². The minimum absolute atomic E-state index is 0.00867. The second-order valence-corrected chi connectivity index (χ2v) is 7.25. The van der Waals surface area contributed by atoms with Crippen molar-refractivity contribution in [3.8, 4) is 0 Å².